The van der Waals surface area contributed by atoms with Crippen molar-refractivity contribution >= 4 is 17.5 Å². The van der Waals surface area contributed by atoms with E-state index in [1.807, 2.05) is 6.92 Å². The molecule has 2 amide bonds. The molecule has 0 saturated carbocycles. The topological polar surface area (TPSA) is 89.4 Å². The normalized spacial score (nSPS) is 16.7. The summed E-state index contributed by atoms with van der Waals surface area (Å²) in [4.78, 5) is 28.2. The second-order valence-corrected chi connectivity index (χ2v) is 9.56. The number of aryl methyl sites for hydroxylation is 1. The molecule has 8 nitrogen and oxygen atoms in total. The number of carbonyl (C=O) groups is 2. The van der Waals surface area contributed by atoms with Crippen LogP contribution in [0.3, 0.4) is 0 Å². The number of imide groups is 1. The Labute approximate surface area is 224 Å². The van der Waals surface area contributed by atoms with E-state index in [2.05, 4.69) is 15.6 Å². The monoisotopic (exact) mass is 531 g/mol. The maximum Gasteiger partial charge on any atom is 0.255 e. The molecular weight excluding hydrogens is 504 g/mol. The van der Waals surface area contributed by atoms with Crippen LogP contribution in [0.1, 0.15) is 17.5 Å². The fraction of sp³-hybridized carbons (Fsp3) is 0.241. The summed E-state index contributed by atoms with van der Waals surface area (Å²) in [6, 6.07) is 16.3. The van der Waals surface area contributed by atoms with Gasteiger partial charge >= 0.3 is 0 Å². The van der Waals surface area contributed by atoms with Crippen LogP contribution in [0.2, 0.25) is 0 Å². The van der Waals surface area contributed by atoms with E-state index >= 15 is 0 Å². The molecular formula is C29H27F2N5O3. The van der Waals surface area contributed by atoms with Gasteiger partial charge in [-0.3, -0.25) is 9.59 Å². The lowest BCUT2D eigenvalue weighted by Gasteiger charge is -2.24. The molecule has 200 valence electrons. The highest BCUT2D eigenvalue weighted by atomic mass is 19.1. The molecule has 2 atom stereocenters. The van der Waals surface area contributed by atoms with E-state index in [0.717, 1.165) is 16.0 Å². The summed E-state index contributed by atoms with van der Waals surface area (Å²) in [5, 5.41) is 10.8. The van der Waals surface area contributed by atoms with Crippen LogP contribution < -0.4 is 15.0 Å². The Morgan fingerprint density at radius 2 is 1.72 bits per heavy atom. The number of carbonyl (C=O) groups excluding carboxylic acids is 2. The number of halogens is 2. The number of nitrogens with one attached hydrogen (secondary N) is 1. The van der Waals surface area contributed by atoms with Gasteiger partial charge in [-0.2, -0.15) is 0 Å². The van der Waals surface area contributed by atoms with Gasteiger partial charge in [0.1, 0.15) is 29.7 Å². The number of anilines is 1. The molecule has 39 heavy (non-hydrogen) atoms. The zero-order chi connectivity index (χ0) is 27.4. The van der Waals surface area contributed by atoms with Gasteiger partial charge in [-0.1, -0.05) is 11.3 Å². The highest BCUT2D eigenvalue weighted by molar-refractivity contribution is 6.16. The first-order chi connectivity index (χ1) is 18.9. The van der Waals surface area contributed by atoms with E-state index in [4.69, 9.17) is 4.74 Å². The zero-order valence-electron chi connectivity index (χ0n) is 21.3. The average molecular weight is 532 g/mol. The van der Waals surface area contributed by atoms with Crippen molar-refractivity contribution < 1.29 is 23.1 Å². The predicted octanol–water partition coefficient (Wildman–Crippen LogP) is 4.44. The molecule has 1 aromatic heterocycles. The highest BCUT2D eigenvalue weighted by Crippen LogP contribution is 2.28. The largest absolute Gasteiger partial charge is 0.457 e. The molecule has 2 heterocycles. The van der Waals surface area contributed by atoms with Crippen LogP contribution in [0.5, 0.6) is 11.5 Å². The number of hydrogen-bond acceptors (Lipinski definition) is 6. The third-order valence-corrected chi connectivity index (χ3v) is 6.72. The standard InChI is InChI=1S/C29H27F2N5O3/c1-19-14-23(31)3-2-21(19)15-20-16-27(32-17-20)29(38)36(28(37)18-35-13-12-33-34-35)24-6-10-26(11-7-24)39-25-8-4-22(30)5-9-25/h2-14,20,27,32H,15-18H2,1H3/t20-,27+/m1/s1. The van der Waals surface area contributed by atoms with Gasteiger partial charge in [-0.15, -0.1) is 5.10 Å². The Balaban J connectivity index is 1.32. The lowest BCUT2D eigenvalue weighted by atomic mass is 9.94. The molecule has 3 aromatic carbocycles. The maximum atomic E-state index is 13.7. The summed E-state index contributed by atoms with van der Waals surface area (Å²) in [5.74, 6) is -0.394. The van der Waals surface area contributed by atoms with Crippen molar-refractivity contribution in [3.8, 4) is 11.5 Å². The second kappa shape index (κ2) is 11.5. The van der Waals surface area contributed by atoms with Crippen molar-refractivity contribution in [2.75, 3.05) is 11.4 Å². The number of rotatable bonds is 8. The first kappa shape index (κ1) is 26.2. The Morgan fingerprint density at radius 1 is 1.03 bits per heavy atom. The molecule has 4 aromatic rings. The molecule has 0 radical (unpaired) electrons. The molecule has 1 fully saturated rings. The minimum atomic E-state index is -0.564. The van der Waals surface area contributed by atoms with Crippen molar-refractivity contribution in [2.45, 2.75) is 32.4 Å². The average Bonchev–Trinajstić information content (AvgIpc) is 3.61. The van der Waals surface area contributed by atoms with E-state index < -0.39 is 11.9 Å². The van der Waals surface area contributed by atoms with E-state index in [0.29, 0.717) is 36.6 Å². The number of ether oxygens (including phenoxy) is 1. The summed E-state index contributed by atoms with van der Waals surface area (Å²) in [6.07, 6.45) is 4.25. The van der Waals surface area contributed by atoms with Crippen molar-refractivity contribution in [2.24, 2.45) is 5.92 Å². The third kappa shape index (κ3) is 6.35. The van der Waals surface area contributed by atoms with Crippen molar-refractivity contribution in [1.82, 2.24) is 20.3 Å². The van der Waals surface area contributed by atoms with Crippen LogP contribution in [-0.4, -0.2) is 39.4 Å². The van der Waals surface area contributed by atoms with Gasteiger partial charge in [0.15, 0.2) is 0 Å². The molecule has 10 heteroatoms. The summed E-state index contributed by atoms with van der Waals surface area (Å²) in [6.45, 7) is 2.31. The molecule has 0 spiro atoms. The number of nitrogens with zero attached hydrogens (tertiary/aromatic N) is 4. The van der Waals surface area contributed by atoms with E-state index in [-0.39, 0.29) is 30.0 Å². The summed E-state index contributed by atoms with van der Waals surface area (Å²) in [5.41, 5.74) is 2.29. The van der Waals surface area contributed by atoms with E-state index in [9.17, 15) is 18.4 Å². The van der Waals surface area contributed by atoms with Crippen molar-refractivity contribution in [1.29, 1.82) is 0 Å². The summed E-state index contributed by atoms with van der Waals surface area (Å²) >= 11 is 0. The van der Waals surface area contributed by atoms with Crippen molar-refractivity contribution in [3.63, 3.8) is 0 Å². The maximum absolute atomic E-state index is 13.7. The molecule has 1 aliphatic heterocycles. The van der Waals surface area contributed by atoms with Crippen molar-refractivity contribution in [3.05, 3.63) is 102 Å². The van der Waals surface area contributed by atoms with Crippen LogP contribution in [-0.2, 0) is 22.6 Å². The lowest BCUT2D eigenvalue weighted by Crippen LogP contribution is -2.48. The first-order valence-corrected chi connectivity index (χ1v) is 12.6. The fourth-order valence-electron chi connectivity index (χ4n) is 4.73. The van der Waals surface area contributed by atoms with Gasteiger partial charge in [-0.25, -0.2) is 18.4 Å². The van der Waals surface area contributed by atoms with Crippen LogP contribution in [0.25, 0.3) is 0 Å². The lowest BCUT2D eigenvalue weighted by molar-refractivity contribution is -0.128. The van der Waals surface area contributed by atoms with Gasteiger partial charge in [0, 0.05) is 6.20 Å². The Morgan fingerprint density at radius 3 is 2.38 bits per heavy atom. The van der Waals surface area contributed by atoms with Crippen LogP contribution in [0, 0.1) is 24.5 Å². The fourth-order valence-corrected chi connectivity index (χ4v) is 4.73. The molecule has 5 rings (SSSR count). The van der Waals surface area contributed by atoms with E-state index in [1.165, 1.54) is 47.3 Å². The van der Waals surface area contributed by atoms with Crippen LogP contribution in [0.15, 0.2) is 79.1 Å². The van der Waals surface area contributed by atoms with Gasteiger partial charge in [0.05, 0.1) is 17.9 Å². The first-order valence-electron chi connectivity index (χ1n) is 12.6. The number of aromatic nitrogens is 3. The van der Waals surface area contributed by atoms with E-state index in [1.54, 1.807) is 36.5 Å². The SMILES string of the molecule is Cc1cc(F)ccc1C[C@H]1CN[C@H](C(=O)N(C(=O)Cn2ccnn2)c2ccc(Oc3ccc(F)cc3)cc2)C1. The molecule has 1 N–H and O–H groups in total. The van der Waals surface area contributed by atoms with Gasteiger partial charge < -0.3 is 10.1 Å². The third-order valence-electron chi connectivity index (χ3n) is 6.72. The van der Waals surface area contributed by atoms with Crippen LogP contribution >= 0.6 is 0 Å². The van der Waals surface area contributed by atoms with Gasteiger partial charge in [0.2, 0.25) is 0 Å². The van der Waals surface area contributed by atoms with Crippen LogP contribution in [0.4, 0.5) is 14.5 Å². The summed E-state index contributed by atoms with van der Waals surface area (Å²) in [7, 11) is 0. The molecule has 0 aliphatic carbocycles. The molecule has 0 bridgehead atoms. The smallest absolute Gasteiger partial charge is 0.255 e. The molecule has 0 unspecified atom stereocenters. The minimum Gasteiger partial charge on any atom is -0.457 e. The number of benzene rings is 3. The Hall–Kier alpha value is -4.44. The summed E-state index contributed by atoms with van der Waals surface area (Å²) < 4.78 is 33.8. The highest BCUT2D eigenvalue weighted by Gasteiger charge is 2.36. The van der Waals surface area contributed by atoms with Gasteiger partial charge in [0.25, 0.3) is 11.8 Å². The predicted molar refractivity (Wildman–Crippen MR) is 140 cm³/mol. The Kier molecular flexibility index (Phi) is 7.74. The quantitative estimate of drug-likeness (QED) is 0.362. The second-order valence-electron chi connectivity index (χ2n) is 9.56. The van der Waals surface area contributed by atoms with Gasteiger partial charge in [-0.05, 0) is 104 Å². The minimum absolute atomic E-state index is 0.155. The number of hydrogen-bond donors (Lipinski definition) is 1. The molecule has 1 saturated heterocycles. The Bertz CT molecular complexity index is 1440. The number of amides is 2. The molecule has 1 aliphatic rings. The zero-order valence-corrected chi connectivity index (χ0v) is 21.3.